The van der Waals surface area contributed by atoms with Gasteiger partial charge in [0.05, 0.1) is 13.0 Å². The number of methoxy groups -OCH3 is 1. The first-order chi connectivity index (χ1) is 16.1. The van der Waals surface area contributed by atoms with Gasteiger partial charge in [-0.05, 0) is 18.4 Å². The van der Waals surface area contributed by atoms with Gasteiger partial charge in [0.1, 0.15) is 12.4 Å². The van der Waals surface area contributed by atoms with Gasteiger partial charge in [-0.25, -0.2) is 0 Å². The molecule has 0 spiro atoms. The van der Waals surface area contributed by atoms with Gasteiger partial charge in [0.2, 0.25) is 0 Å². The maximum Gasteiger partial charge on any atom is 0.309 e. The number of carbonyl (C=O) groups is 3. The van der Waals surface area contributed by atoms with E-state index < -0.39 is 11.9 Å². The number of hydrogen-bond donors (Lipinski definition) is 0. The lowest BCUT2D eigenvalue weighted by atomic mass is 9.94. The summed E-state index contributed by atoms with van der Waals surface area (Å²) in [6.45, 7) is 2.45. The molecule has 0 radical (unpaired) electrons. The van der Waals surface area contributed by atoms with Crippen LogP contribution in [0, 0.1) is 5.92 Å². The van der Waals surface area contributed by atoms with Crippen LogP contribution < -0.4 is 0 Å². The Kier molecular flexibility index (Phi) is 16.9. The largest absolute Gasteiger partial charge is 0.469 e. The summed E-state index contributed by atoms with van der Waals surface area (Å²) >= 11 is 0. The second-order valence-electron chi connectivity index (χ2n) is 8.93. The second kappa shape index (κ2) is 19.3. The van der Waals surface area contributed by atoms with Crippen LogP contribution in [0.25, 0.3) is 0 Å². The molecule has 0 bridgehead atoms. The van der Waals surface area contributed by atoms with E-state index in [0.717, 1.165) is 24.8 Å². The highest BCUT2D eigenvalue weighted by Crippen LogP contribution is 2.18. The molecule has 0 saturated carbocycles. The molecule has 0 aliphatic rings. The van der Waals surface area contributed by atoms with Crippen LogP contribution in [0.5, 0.6) is 0 Å². The van der Waals surface area contributed by atoms with Gasteiger partial charge in [0, 0.05) is 19.3 Å². The van der Waals surface area contributed by atoms with Crippen molar-refractivity contribution in [1.29, 1.82) is 0 Å². The normalized spacial score (nSPS) is 11.7. The Morgan fingerprint density at radius 2 is 1.36 bits per heavy atom. The molecule has 1 atom stereocenters. The molecular formula is C28H44O5. The SMILES string of the molecule is CCCCCCCCCCCCCC(=O)C[C@H](CCC(=O)OCc1ccccc1)C(=O)OC. The van der Waals surface area contributed by atoms with Crippen molar-refractivity contribution in [2.45, 2.75) is 110 Å². The average molecular weight is 461 g/mol. The Morgan fingerprint density at radius 1 is 0.788 bits per heavy atom. The fourth-order valence-electron chi connectivity index (χ4n) is 3.94. The molecule has 0 fully saturated rings. The van der Waals surface area contributed by atoms with Crippen molar-refractivity contribution < 1.29 is 23.9 Å². The number of hydrogen-bond acceptors (Lipinski definition) is 5. The van der Waals surface area contributed by atoms with Crippen molar-refractivity contribution in [3.63, 3.8) is 0 Å². The molecule has 1 aromatic rings. The topological polar surface area (TPSA) is 69.7 Å². The predicted octanol–water partition coefficient (Wildman–Crippen LogP) is 6.96. The summed E-state index contributed by atoms with van der Waals surface area (Å²) in [6.07, 6.45) is 14.6. The molecule has 1 rings (SSSR count). The van der Waals surface area contributed by atoms with Gasteiger partial charge in [-0.2, -0.15) is 0 Å². The van der Waals surface area contributed by atoms with Gasteiger partial charge >= 0.3 is 11.9 Å². The number of Topliss-reactive ketones (excluding diaryl/α,β-unsaturated/α-hetero) is 1. The number of unbranched alkanes of at least 4 members (excludes halogenated alkanes) is 10. The van der Waals surface area contributed by atoms with Crippen molar-refractivity contribution >= 4 is 17.7 Å². The third kappa shape index (κ3) is 15.3. The highest BCUT2D eigenvalue weighted by atomic mass is 16.5. The molecule has 0 N–H and O–H groups in total. The Bertz CT molecular complexity index is 656. The van der Waals surface area contributed by atoms with E-state index in [0.29, 0.717) is 6.42 Å². The van der Waals surface area contributed by atoms with Crippen molar-refractivity contribution in [1.82, 2.24) is 0 Å². The van der Waals surface area contributed by atoms with Crippen LogP contribution in [0.2, 0.25) is 0 Å². The lowest BCUT2D eigenvalue weighted by molar-refractivity contribution is -0.149. The molecule has 5 heteroatoms. The zero-order valence-corrected chi connectivity index (χ0v) is 20.8. The standard InChI is InChI=1S/C28H44O5/c1-3-4-5-6-7-8-9-10-11-12-16-19-26(29)22-25(28(31)32-2)20-21-27(30)33-23-24-17-14-13-15-18-24/h13-15,17-18,25H,3-12,16,19-23H2,1-2H3/t25-/m0/s1. The van der Waals surface area contributed by atoms with Gasteiger partial charge in [-0.3, -0.25) is 14.4 Å². The van der Waals surface area contributed by atoms with E-state index in [1.165, 1.54) is 58.5 Å². The maximum absolute atomic E-state index is 12.4. The van der Waals surface area contributed by atoms with Crippen molar-refractivity contribution in [3.8, 4) is 0 Å². The Morgan fingerprint density at radius 3 is 1.94 bits per heavy atom. The van der Waals surface area contributed by atoms with E-state index >= 15 is 0 Å². The highest BCUT2D eigenvalue weighted by molar-refractivity contribution is 5.84. The van der Waals surface area contributed by atoms with E-state index in [1.807, 2.05) is 30.3 Å². The number of carbonyl (C=O) groups excluding carboxylic acids is 3. The molecule has 186 valence electrons. The quantitative estimate of drug-likeness (QED) is 0.155. The number of ketones is 1. The molecule has 0 saturated heterocycles. The van der Waals surface area contributed by atoms with E-state index in [9.17, 15) is 14.4 Å². The summed E-state index contributed by atoms with van der Waals surface area (Å²) < 4.78 is 10.1. The Labute approximate surface area is 200 Å². The maximum atomic E-state index is 12.4. The van der Waals surface area contributed by atoms with E-state index in [1.54, 1.807) is 0 Å². The molecule has 5 nitrogen and oxygen atoms in total. The van der Waals surface area contributed by atoms with Crippen molar-refractivity contribution in [2.24, 2.45) is 5.92 Å². The monoisotopic (exact) mass is 460 g/mol. The predicted molar refractivity (Wildman–Crippen MR) is 132 cm³/mol. The number of esters is 2. The summed E-state index contributed by atoms with van der Waals surface area (Å²) in [5, 5.41) is 0. The fourth-order valence-corrected chi connectivity index (χ4v) is 3.94. The Balaban J connectivity index is 2.16. The summed E-state index contributed by atoms with van der Waals surface area (Å²) in [4.78, 5) is 36.5. The smallest absolute Gasteiger partial charge is 0.309 e. The molecule has 0 amide bonds. The van der Waals surface area contributed by atoms with Crippen LogP contribution in [0.4, 0.5) is 0 Å². The number of rotatable bonds is 20. The first kappa shape index (κ1) is 28.9. The van der Waals surface area contributed by atoms with Gasteiger partial charge in [0.25, 0.3) is 0 Å². The minimum atomic E-state index is -0.584. The Hall–Kier alpha value is -2.17. The van der Waals surface area contributed by atoms with Crippen LogP contribution in [0.1, 0.15) is 109 Å². The molecule has 0 aromatic heterocycles. The lowest BCUT2D eigenvalue weighted by Crippen LogP contribution is -2.21. The van der Waals surface area contributed by atoms with Gasteiger partial charge < -0.3 is 9.47 Å². The van der Waals surface area contributed by atoms with Crippen molar-refractivity contribution in [3.05, 3.63) is 35.9 Å². The van der Waals surface area contributed by atoms with Gasteiger partial charge in [-0.1, -0.05) is 101 Å². The first-order valence-corrected chi connectivity index (χ1v) is 12.9. The number of ether oxygens (including phenoxy) is 2. The van der Waals surface area contributed by atoms with E-state index in [2.05, 4.69) is 6.92 Å². The summed E-state index contributed by atoms with van der Waals surface area (Å²) in [7, 11) is 1.32. The zero-order valence-electron chi connectivity index (χ0n) is 20.8. The van der Waals surface area contributed by atoms with Crippen LogP contribution in [-0.4, -0.2) is 24.8 Å². The van der Waals surface area contributed by atoms with Gasteiger partial charge in [-0.15, -0.1) is 0 Å². The minimum Gasteiger partial charge on any atom is -0.469 e. The zero-order chi connectivity index (χ0) is 24.2. The molecule has 0 heterocycles. The van der Waals surface area contributed by atoms with Crippen LogP contribution in [0.3, 0.4) is 0 Å². The third-order valence-corrected chi connectivity index (χ3v) is 6.01. The first-order valence-electron chi connectivity index (χ1n) is 12.9. The van der Waals surface area contributed by atoms with Crippen LogP contribution >= 0.6 is 0 Å². The lowest BCUT2D eigenvalue weighted by Gasteiger charge is -2.14. The summed E-state index contributed by atoms with van der Waals surface area (Å²) in [6, 6.07) is 9.45. The van der Waals surface area contributed by atoms with Gasteiger partial charge in [0.15, 0.2) is 0 Å². The third-order valence-electron chi connectivity index (χ3n) is 6.01. The summed E-state index contributed by atoms with van der Waals surface area (Å²) in [5.74, 6) is -1.32. The number of benzene rings is 1. The van der Waals surface area contributed by atoms with E-state index in [4.69, 9.17) is 9.47 Å². The van der Waals surface area contributed by atoms with Crippen LogP contribution in [0.15, 0.2) is 30.3 Å². The van der Waals surface area contributed by atoms with Crippen molar-refractivity contribution in [2.75, 3.05) is 7.11 Å². The van der Waals surface area contributed by atoms with Crippen LogP contribution in [-0.2, 0) is 30.5 Å². The minimum absolute atomic E-state index is 0.0685. The molecule has 0 aliphatic carbocycles. The molecule has 0 aliphatic heterocycles. The molecule has 0 unspecified atom stereocenters. The highest BCUT2D eigenvalue weighted by Gasteiger charge is 2.23. The van der Waals surface area contributed by atoms with E-state index in [-0.39, 0.29) is 37.6 Å². The fraction of sp³-hybridized carbons (Fsp3) is 0.679. The average Bonchev–Trinajstić information content (AvgIpc) is 2.83. The summed E-state index contributed by atoms with van der Waals surface area (Å²) in [5.41, 5.74) is 0.914. The molecule has 33 heavy (non-hydrogen) atoms. The molecular weight excluding hydrogens is 416 g/mol. The molecule has 1 aromatic carbocycles. The second-order valence-corrected chi connectivity index (χ2v) is 8.93.